The van der Waals surface area contributed by atoms with Crippen LogP contribution in [0.3, 0.4) is 0 Å². The molecule has 0 aromatic heterocycles. The predicted octanol–water partition coefficient (Wildman–Crippen LogP) is 1.41. The number of hydrogen-bond donors (Lipinski definition) is 2. The van der Waals surface area contributed by atoms with E-state index in [1.807, 2.05) is 30.0 Å². The number of nitrogens with one attached hydrogen (secondary N) is 2. The van der Waals surface area contributed by atoms with Crippen LogP contribution in [0, 0.1) is 0 Å². The molecule has 2 rings (SSSR count). The van der Waals surface area contributed by atoms with Crippen molar-refractivity contribution >= 4 is 29.5 Å². The van der Waals surface area contributed by atoms with E-state index in [9.17, 15) is 9.59 Å². The summed E-state index contributed by atoms with van der Waals surface area (Å²) in [4.78, 5) is 32.8. The van der Waals surface area contributed by atoms with Crippen LogP contribution in [-0.4, -0.2) is 79.6 Å². The van der Waals surface area contributed by atoms with E-state index in [-0.39, 0.29) is 24.4 Å². The number of rotatable bonds is 8. The molecule has 1 heterocycles. The number of guanidine groups is 1. The SMILES string of the molecule is CCC(=O)N1CCC(NC(=NCC(=O)N(C)C)NCCSc2ccccc2)C1. The third-order valence-electron chi connectivity index (χ3n) is 4.46. The van der Waals surface area contributed by atoms with Gasteiger partial charge in [0.15, 0.2) is 5.96 Å². The number of nitrogens with zero attached hydrogens (tertiary/aromatic N) is 3. The van der Waals surface area contributed by atoms with Gasteiger partial charge in [0.1, 0.15) is 6.54 Å². The normalized spacial score (nSPS) is 16.8. The van der Waals surface area contributed by atoms with Crippen molar-refractivity contribution in [2.75, 3.05) is 46.0 Å². The first kappa shape index (κ1) is 22.1. The number of aliphatic imine (C=N–C) groups is 1. The van der Waals surface area contributed by atoms with Crippen LogP contribution in [0.2, 0.25) is 0 Å². The zero-order chi connectivity index (χ0) is 20.4. The summed E-state index contributed by atoms with van der Waals surface area (Å²) >= 11 is 1.77. The Hall–Kier alpha value is -2.22. The maximum atomic E-state index is 11.9. The van der Waals surface area contributed by atoms with Gasteiger partial charge in [-0.3, -0.25) is 9.59 Å². The highest BCUT2D eigenvalue weighted by atomic mass is 32.2. The number of carbonyl (C=O) groups is 2. The molecular weight excluding hydrogens is 374 g/mol. The molecule has 2 amide bonds. The van der Waals surface area contributed by atoms with Crippen molar-refractivity contribution in [1.29, 1.82) is 0 Å². The van der Waals surface area contributed by atoms with E-state index >= 15 is 0 Å². The third kappa shape index (κ3) is 7.42. The molecule has 28 heavy (non-hydrogen) atoms. The topological polar surface area (TPSA) is 77.0 Å². The quantitative estimate of drug-likeness (QED) is 0.296. The van der Waals surface area contributed by atoms with Crippen LogP contribution in [0.15, 0.2) is 40.2 Å². The first-order valence-electron chi connectivity index (χ1n) is 9.70. The number of carbonyl (C=O) groups excluding carboxylic acids is 2. The lowest BCUT2D eigenvalue weighted by Crippen LogP contribution is -2.46. The highest BCUT2D eigenvalue weighted by Gasteiger charge is 2.25. The Morgan fingerprint density at radius 1 is 1.29 bits per heavy atom. The molecular formula is C20H31N5O2S. The molecule has 1 saturated heterocycles. The molecule has 1 aliphatic heterocycles. The molecule has 0 spiro atoms. The van der Waals surface area contributed by atoms with E-state index in [2.05, 4.69) is 27.8 Å². The summed E-state index contributed by atoms with van der Waals surface area (Å²) in [5.41, 5.74) is 0. The lowest BCUT2D eigenvalue weighted by atomic mass is 10.3. The number of thioether (sulfide) groups is 1. The standard InChI is InChI=1S/C20H31N5O2S/c1-4-18(26)25-12-10-16(15-25)23-20(22-14-19(27)24(2)3)21-11-13-28-17-8-6-5-7-9-17/h5-9,16H,4,10-15H2,1-3H3,(H2,21,22,23). The van der Waals surface area contributed by atoms with Crippen LogP contribution in [0.5, 0.6) is 0 Å². The largest absolute Gasteiger partial charge is 0.356 e. The molecule has 0 bridgehead atoms. The Bertz CT molecular complexity index is 666. The van der Waals surface area contributed by atoms with Crippen LogP contribution in [-0.2, 0) is 9.59 Å². The number of likely N-dealkylation sites (N-methyl/N-ethyl adjacent to an activating group) is 1. The lowest BCUT2D eigenvalue weighted by Gasteiger charge is -2.19. The number of amides is 2. The third-order valence-corrected chi connectivity index (χ3v) is 5.48. The highest BCUT2D eigenvalue weighted by molar-refractivity contribution is 7.99. The van der Waals surface area contributed by atoms with Crippen molar-refractivity contribution < 1.29 is 9.59 Å². The van der Waals surface area contributed by atoms with Crippen molar-refractivity contribution in [3.63, 3.8) is 0 Å². The van der Waals surface area contributed by atoms with Gasteiger partial charge in [-0.25, -0.2) is 4.99 Å². The molecule has 1 fully saturated rings. The number of likely N-dealkylation sites (tertiary alicyclic amines) is 1. The Morgan fingerprint density at radius 2 is 2.04 bits per heavy atom. The molecule has 1 aliphatic rings. The lowest BCUT2D eigenvalue weighted by molar-refractivity contribution is -0.130. The molecule has 154 valence electrons. The second kappa shape index (κ2) is 11.6. The molecule has 2 N–H and O–H groups in total. The van der Waals surface area contributed by atoms with Crippen LogP contribution in [0.1, 0.15) is 19.8 Å². The average Bonchev–Trinajstić information content (AvgIpc) is 3.17. The zero-order valence-electron chi connectivity index (χ0n) is 17.0. The Kier molecular flexibility index (Phi) is 9.13. The van der Waals surface area contributed by atoms with Gasteiger partial charge >= 0.3 is 0 Å². The zero-order valence-corrected chi connectivity index (χ0v) is 17.8. The fraction of sp³-hybridized carbons (Fsp3) is 0.550. The molecule has 1 unspecified atom stereocenters. The minimum Gasteiger partial charge on any atom is -0.356 e. The molecule has 8 heteroatoms. The van der Waals surface area contributed by atoms with Gasteiger partial charge in [0.05, 0.1) is 0 Å². The summed E-state index contributed by atoms with van der Waals surface area (Å²) in [7, 11) is 3.44. The fourth-order valence-electron chi connectivity index (χ4n) is 2.82. The molecule has 1 aromatic rings. The molecule has 0 saturated carbocycles. The van der Waals surface area contributed by atoms with Crippen LogP contribution >= 0.6 is 11.8 Å². The van der Waals surface area contributed by atoms with Gasteiger partial charge in [-0.05, 0) is 18.6 Å². The van der Waals surface area contributed by atoms with E-state index in [1.54, 1.807) is 25.9 Å². The van der Waals surface area contributed by atoms with E-state index in [0.717, 1.165) is 25.3 Å². The van der Waals surface area contributed by atoms with E-state index in [4.69, 9.17) is 0 Å². The summed E-state index contributed by atoms with van der Waals surface area (Å²) in [5.74, 6) is 1.64. The van der Waals surface area contributed by atoms with Gasteiger partial charge in [0, 0.05) is 56.8 Å². The summed E-state index contributed by atoms with van der Waals surface area (Å²) in [6.45, 7) is 4.14. The van der Waals surface area contributed by atoms with Crippen molar-refractivity contribution in [2.24, 2.45) is 4.99 Å². The minimum atomic E-state index is -0.0473. The van der Waals surface area contributed by atoms with Crippen LogP contribution in [0.4, 0.5) is 0 Å². The average molecular weight is 406 g/mol. The van der Waals surface area contributed by atoms with E-state index in [1.165, 1.54) is 9.80 Å². The van der Waals surface area contributed by atoms with Crippen molar-refractivity contribution in [1.82, 2.24) is 20.4 Å². The molecule has 1 atom stereocenters. The Morgan fingerprint density at radius 3 is 2.71 bits per heavy atom. The van der Waals surface area contributed by atoms with E-state index < -0.39 is 0 Å². The first-order chi connectivity index (χ1) is 13.5. The van der Waals surface area contributed by atoms with Gasteiger partial charge in [-0.1, -0.05) is 25.1 Å². The smallest absolute Gasteiger partial charge is 0.243 e. The van der Waals surface area contributed by atoms with Crippen molar-refractivity contribution in [3.05, 3.63) is 30.3 Å². The fourth-order valence-corrected chi connectivity index (χ4v) is 3.61. The number of benzene rings is 1. The summed E-state index contributed by atoms with van der Waals surface area (Å²) in [6.07, 6.45) is 1.41. The monoisotopic (exact) mass is 405 g/mol. The maximum Gasteiger partial charge on any atom is 0.243 e. The van der Waals surface area contributed by atoms with Gasteiger partial charge in [-0.2, -0.15) is 0 Å². The highest BCUT2D eigenvalue weighted by Crippen LogP contribution is 2.15. The summed E-state index contributed by atoms with van der Waals surface area (Å²) in [6, 6.07) is 10.4. The predicted molar refractivity (Wildman–Crippen MR) is 115 cm³/mol. The number of hydrogen-bond acceptors (Lipinski definition) is 4. The van der Waals surface area contributed by atoms with Crippen LogP contribution in [0.25, 0.3) is 0 Å². The van der Waals surface area contributed by atoms with Crippen LogP contribution < -0.4 is 10.6 Å². The molecule has 7 nitrogen and oxygen atoms in total. The Labute approximate surface area is 171 Å². The molecule has 0 radical (unpaired) electrons. The summed E-state index contributed by atoms with van der Waals surface area (Å²) in [5, 5.41) is 6.70. The van der Waals surface area contributed by atoms with Gasteiger partial charge in [0.2, 0.25) is 11.8 Å². The first-order valence-corrected chi connectivity index (χ1v) is 10.7. The van der Waals surface area contributed by atoms with Gasteiger partial charge < -0.3 is 20.4 Å². The van der Waals surface area contributed by atoms with Gasteiger partial charge in [-0.15, -0.1) is 11.8 Å². The Balaban J connectivity index is 1.86. The van der Waals surface area contributed by atoms with Crippen molar-refractivity contribution in [3.8, 4) is 0 Å². The minimum absolute atomic E-state index is 0.0473. The molecule has 1 aromatic carbocycles. The van der Waals surface area contributed by atoms with E-state index in [0.29, 0.717) is 18.9 Å². The second-order valence-electron chi connectivity index (χ2n) is 6.86. The second-order valence-corrected chi connectivity index (χ2v) is 8.03. The maximum absolute atomic E-state index is 11.9. The molecule has 0 aliphatic carbocycles. The van der Waals surface area contributed by atoms with Crippen molar-refractivity contribution in [2.45, 2.75) is 30.7 Å². The van der Waals surface area contributed by atoms with Gasteiger partial charge in [0.25, 0.3) is 0 Å². The summed E-state index contributed by atoms with van der Waals surface area (Å²) < 4.78 is 0.